The Balaban J connectivity index is 1.79. The number of hydrogen-bond donors (Lipinski definition) is 1. The fourth-order valence-electron chi connectivity index (χ4n) is 3.59. The average molecular weight is 369 g/mol. The third-order valence-corrected chi connectivity index (χ3v) is 5.05. The first kappa shape index (κ1) is 18.8. The van der Waals surface area contributed by atoms with Gasteiger partial charge in [0.05, 0.1) is 26.6 Å². The summed E-state index contributed by atoms with van der Waals surface area (Å²) in [6.45, 7) is 0.603. The van der Waals surface area contributed by atoms with Crippen LogP contribution in [0.2, 0.25) is 0 Å². The number of likely N-dealkylation sites (tertiary alicyclic amines) is 1. The van der Waals surface area contributed by atoms with Crippen LogP contribution in [0.4, 0.5) is 0 Å². The van der Waals surface area contributed by atoms with Crippen LogP contribution in [0.3, 0.4) is 0 Å². The van der Waals surface area contributed by atoms with Gasteiger partial charge in [0.25, 0.3) is 0 Å². The van der Waals surface area contributed by atoms with Crippen molar-refractivity contribution in [1.29, 1.82) is 0 Å². The Hall–Kier alpha value is -3.02. The summed E-state index contributed by atoms with van der Waals surface area (Å²) in [5.41, 5.74) is 1.66. The van der Waals surface area contributed by atoms with Crippen molar-refractivity contribution in [3.05, 3.63) is 59.7 Å². The van der Waals surface area contributed by atoms with E-state index in [1.165, 1.54) is 0 Å². The van der Waals surface area contributed by atoms with E-state index in [0.29, 0.717) is 18.0 Å². The highest BCUT2D eigenvalue weighted by atomic mass is 16.5. The van der Waals surface area contributed by atoms with E-state index in [2.05, 4.69) is 0 Å². The number of carbonyl (C=O) groups is 2. The summed E-state index contributed by atoms with van der Waals surface area (Å²) in [4.78, 5) is 26.2. The molecule has 2 aromatic rings. The Morgan fingerprint density at radius 1 is 1.07 bits per heavy atom. The van der Waals surface area contributed by atoms with Gasteiger partial charge in [-0.3, -0.25) is 9.59 Å². The van der Waals surface area contributed by atoms with Crippen LogP contribution in [-0.2, 0) is 16.0 Å². The molecular formula is C21H23NO5. The molecular weight excluding hydrogens is 346 g/mol. The van der Waals surface area contributed by atoms with E-state index in [9.17, 15) is 14.7 Å². The maximum absolute atomic E-state index is 12.9. The van der Waals surface area contributed by atoms with Crippen LogP contribution < -0.4 is 9.47 Å². The Bertz CT molecular complexity index is 821. The van der Waals surface area contributed by atoms with Gasteiger partial charge in [0.15, 0.2) is 0 Å². The summed E-state index contributed by atoms with van der Waals surface area (Å²) in [6.07, 6.45) is 0.133. The number of hydrogen-bond acceptors (Lipinski definition) is 4. The fraction of sp³-hybridized carbons (Fsp3) is 0.333. The van der Waals surface area contributed by atoms with Crippen molar-refractivity contribution in [2.24, 2.45) is 5.92 Å². The molecule has 6 nitrogen and oxygen atoms in total. The molecule has 0 radical (unpaired) electrons. The molecule has 1 fully saturated rings. The zero-order valence-electron chi connectivity index (χ0n) is 15.4. The van der Waals surface area contributed by atoms with E-state index in [1.807, 2.05) is 30.3 Å². The minimum absolute atomic E-state index is 0.119. The van der Waals surface area contributed by atoms with E-state index in [-0.39, 0.29) is 24.8 Å². The first-order chi connectivity index (χ1) is 13.0. The van der Waals surface area contributed by atoms with Crippen molar-refractivity contribution in [1.82, 2.24) is 4.90 Å². The predicted octanol–water partition coefficient (Wildman–Crippen LogP) is 2.57. The lowest BCUT2D eigenvalue weighted by Gasteiger charge is -2.18. The average Bonchev–Trinajstić information content (AvgIpc) is 3.14. The summed E-state index contributed by atoms with van der Waals surface area (Å²) >= 11 is 0. The van der Waals surface area contributed by atoms with Gasteiger partial charge in [0.1, 0.15) is 11.5 Å². The lowest BCUT2D eigenvalue weighted by molar-refractivity contribution is -0.141. The van der Waals surface area contributed by atoms with Crippen molar-refractivity contribution < 1.29 is 24.2 Å². The smallest absolute Gasteiger partial charge is 0.308 e. The number of rotatable bonds is 6. The van der Waals surface area contributed by atoms with Crippen molar-refractivity contribution in [2.75, 3.05) is 27.3 Å². The maximum Gasteiger partial charge on any atom is 0.308 e. The van der Waals surface area contributed by atoms with Crippen LogP contribution >= 0.6 is 0 Å². The highest BCUT2D eigenvalue weighted by molar-refractivity contribution is 5.82. The highest BCUT2D eigenvalue weighted by Gasteiger charge is 2.40. The van der Waals surface area contributed by atoms with Gasteiger partial charge in [-0.2, -0.15) is 0 Å². The molecule has 142 valence electrons. The SMILES string of the molecule is COc1ccc(OC)c(CC(=O)N2CC(C(=O)O)C(c3ccccc3)C2)c1. The van der Waals surface area contributed by atoms with Gasteiger partial charge >= 0.3 is 5.97 Å². The van der Waals surface area contributed by atoms with Gasteiger partial charge in [-0.05, 0) is 23.8 Å². The minimum Gasteiger partial charge on any atom is -0.497 e. The molecule has 1 aliphatic heterocycles. The van der Waals surface area contributed by atoms with E-state index >= 15 is 0 Å². The molecule has 1 N–H and O–H groups in total. The summed E-state index contributed by atoms with van der Waals surface area (Å²) in [7, 11) is 3.12. The lowest BCUT2D eigenvalue weighted by Crippen LogP contribution is -2.31. The molecule has 0 aliphatic carbocycles. The molecule has 2 unspecified atom stereocenters. The van der Waals surface area contributed by atoms with Crippen LogP contribution in [0, 0.1) is 5.92 Å². The van der Waals surface area contributed by atoms with E-state index in [4.69, 9.17) is 9.47 Å². The molecule has 1 amide bonds. The Labute approximate surface area is 158 Å². The Morgan fingerprint density at radius 3 is 2.44 bits per heavy atom. The number of carboxylic acid groups (broad SMARTS) is 1. The second-order valence-corrected chi connectivity index (χ2v) is 6.62. The van der Waals surface area contributed by atoms with Crippen molar-refractivity contribution in [3.8, 4) is 11.5 Å². The molecule has 0 bridgehead atoms. The van der Waals surface area contributed by atoms with E-state index < -0.39 is 11.9 Å². The topological polar surface area (TPSA) is 76.1 Å². The molecule has 0 spiro atoms. The number of methoxy groups -OCH3 is 2. The predicted molar refractivity (Wildman–Crippen MR) is 100 cm³/mol. The second kappa shape index (κ2) is 8.12. The fourth-order valence-corrected chi connectivity index (χ4v) is 3.59. The number of aliphatic carboxylic acids is 1. The Morgan fingerprint density at radius 2 is 1.81 bits per heavy atom. The molecule has 1 heterocycles. The van der Waals surface area contributed by atoms with Crippen LogP contribution in [0.25, 0.3) is 0 Å². The zero-order valence-corrected chi connectivity index (χ0v) is 15.4. The van der Waals surface area contributed by atoms with Crippen LogP contribution in [0.5, 0.6) is 11.5 Å². The van der Waals surface area contributed by atoms with E-state index in [0.717, 1.165) is 11.1 Å². The van der Waals surface area contributed by atoms with Crippen molar-refractivity contribution in [3.63, 3.8) is 0 Å². The molecule has 0 saturated carbocycles. The van der Waals surface area contributed by atoms with Gasteiger partial charge < -0.3 is 19.5 Å². The maximum atomic E-state index is 12.9. The van der Waals surface area contributed by atoms with Gasteiger partial charge in [-0.15, -0.1) is 0 Å². The standard InChI is InChI=1S/C21H23NO5/c1-26-16-8-9-19(27-2)15(10-16)11-20(23)22-12-17(18(13-22)21(24)25)14-6-4-3-5-7-14/h3-10,17-18H,11-13H2,1-2H3,(H,24,25). The summed E-state index contributed by atoms with van der Waals surface area (Å²) in [5.74, 6) is -0.559. The largest absolute Gasteiger partial charge is 0.497 e. The number of carboxylic acids is 1. The number of amides is 1. The molecule has 27 heavy (non-hydrogen) atoms. The van der Waals surface area contributed by atoms with Crippen molar-refractivity contribution in [2.45, 2.75) is 12.3 Å². The number of nitrogens with zero attached hydrogens (tertiary/aromatic N) is 1. The highest BCUT2D eigenvalue weighted by Crippen LogP contribution is 2.34. The van der Waals surface area contributed by atoms with Crippen LogP contribution in [0.15, 0.2) is 48.5 Å². The van der Waals surface area contributed by atoms with Gasteiger partial charge in [-0.1, -0.05) is 30.3 Å². The molecule has 0 aromatic heterocycles. The first-order valence-electron chi connectivity index (χ1n) is 8.80. The summed E-state index contributed by atoms with van der Waals surface area (Å²) < 4.78 is 10.6. The van der Waals surface area contributed by atoms with Crippen LogP contribution in [-0.4, -0.2) is 49.2 Å². The first-order valence-corrected chi connectivity index (χ1v) is 8.80. The molecule has 2 atom stereocenters. The van der Waals surface area contributed by atoms with Crippen molar-refractivity contribution >= 4 is 11.9 Å². The van der Waals surface area contributed by atoms with E-state index in [1.54, 1.807) is 37.3 Å². The molecule has 1 saturated heterocycles. The lowest BCUT2D eigenvalue weighted by atomic mass is 9.89. The van der Waals surface area contributed by atoms with Crippen LogP contribution in [0.1, 0.15) is 17.0 Å². The molecule has 3 rings (SSSR count). The quantitative estimate of drug-likeness (QED) is 0.847. The normalized spacial score (nSPS) is 19.0. The number of benzene rings is 2. The molecule has 2 aromatic carbocycles. The minimum atomic E-state index is -0.877. The monoisotopic (exact) mass is 369 g/mol. The van der Waals surface area contributed by atoms with Gasteiger partial charge in [-0.25, -0.2) is 0 Å². The summed E-state index contributed by atoms with van der Waals surface area (Å²) in [6, 6.07) is 14.8. The second-order valence-electron chi connectivity index (χ2n) is 6.62. The third-order valence-electron chi connectivity index (χ3n) is 5.05. The zero-order chi connectivity index (χ0) is 19.4. The Kier molecular flexibility index (Phi) is 5.64. The van der Waals surface area contributed by atoms with Gasteiger partial charge in [0, 0.05) is 24.6 Å². The summed E-state index contributed by atoms with van der Waals surface area (Å²) in [5, 5.41) is 9.61. The molecule has 1 aliphatic rings. The molecule has 6 heteroatoms. The number of ether oxygens (including phenoxy) is 2. The third kappa shape index (κ3) is 4.05. The number of carbonyl (C=O) groups excluding carboxylic acids is 1. The van der Waals surface area contributed by atoms with Gasteiger partial charge in [0.2, 0.25) is 5.91 Å².